The van der Waals surface area contributed by atoms with Gasteiger partial charge in [-0.2, -0.15) is 0 Å². The molecule has 1 atom stereocenters. The maximum absolute atomic E-state index is 14.0. The first kappa shape index (κ1) is 25.0. The molecule has 188 valence electrons. The van der Waals surface area contributed by atoms with Crippen LogP contribution in [0, 0.1) is 18.6 Å². The molecular formula is C25H23F2N3O6. The second-order valence-electron chi connectivity index (χ2n) is 8.55. The molecule has 0 saturated carbocycles. The van der Waals surface area contributed by atoms with Gasteiger partial charge in [-0.25, -0.2) is 18.4 Å². The minimum absolute atomic E-state index is 0.145. The molecule has 3 aromatic rings. The predicted octanol–water partition coefficient (Wildman–Crippen LogP) is 1.79. The van der Waals surface area contributed by atoms with Crippen LogP contribution in [-0.4, -0.2) is 32.2 Å². The third kappa shape index (κ3) is 4.22. The number of benzene rings is 2. The van der Waals surface area contributed by atoms with Crippen molar-refractivity contribution in [3.05, 3.63) is 90.8 Å². The van der Waals surface area contributed by atoms with E-state index in [0.717, 1.165) is 22.8 Å². The summed E-state index contributed by atoms with van der Waals surface area (Å²) in [6.45, 7) is 1.96. The molecule has 2 aromatic carbocycles. The van der Waals surface area contributed by atoms with Crippen molar-refractivity contribution >= 4 is 11.9 Å². The van der Waals surface area contributed by atoms with E-state index in [1.54, 1.807) is 26.1 Å². The van der Waals surface area contributed by atoms with Gasteiger partial charge in [-0.3, -0.25) is 14.2 Å². The van der Waals surface area contributed by atoms with Gasteiger partial charge in [0.05, 0.1) is 18.8 Å². The standard InChI is InChI=1S/C25H23F2N3O6/c1-12-20(23(32)30(3)25(35)29(12)2)14-8-7-13(15-10-36-11-16(14)15)9-19(24(33)34)28-22(31)21-17(26)5-4-6-18(21)27/h4-8,19H,9-11H2,1-3H3,(H,28,31)(H,33,34). The maximum atomic E-state index is 14.0. The summed E-state index contributed by atoms with van der Waals surface area (Å²) in [4.78, 5) is 49.6. The SMILES string of the molecule is Cc1c(-c2ccc(CC(NC(=O)c3c(F)cccc3F)C(=O)O)c3c2COC3)c(=O)n(C)c(=O)n1C. The van der Waals surface area contributed by atoms with Crippen LogP contribution in [0.1, 0.15) is 32.7 Å². The van der Waals surface area contributed by atoms with E-state index in [1.165, 1.54) is 11.6 Å². The number of amides is 1. The first-order chi connectivity index (χ1) is 17.0. The number of carboxylic acid groups (broad SMARTS) is 1. The minimum atomic E-state index is -1.49. The van der Waals surface area contributed by atoms with Gasteiger partial charge in [-0.15, -0.1) is 0 Å². The van der Waals surface area contributed by atoms with Crippen LogP contribution in [0.5, 0.6) is 0 Å². The average Bonchev–Trinajstić information content (AvgIpc) is 3.32. The van der Waals surface area contributed by atoms with Crippen molar-refractivity contribution in [1.82, 2.24) is 14.5 Å². The smallest absolute Gasteiger partial charge is 0.330 e. The highest BCUT2D eigenvalue weighted by molar-refractivity contribution is 5.97. The van der Waals surface area contributed by atoms with Crippen LogP contribution in [0.25, 0.3) is 11.1 Å². The van der Waals surface area contributed by atoms with E-state index in [-0.39, 0.29) is 19.6 Å². The molecule has 0 aliphatic carbocycles. The number of aromatic nitrogens is 2. The number of rotatable bonds is 6. The zero-order valence-corrected chi connectivity index (χ0v) is 19.7. The number of carbonyl (C=O) groups excluding carboxylic acids is 1. The Morgan fingerprint density at radius 1 is 1.06 bits per heavy atom. The molecule has 2 N–H and O–H groups in total. The van der Waals surface area contributed by atoms with Gasteiger partial charge in [0.15, 0.2) is 0 Å². The second-order valence-corrected chi connectivity index (χ2v) is 8.55. The fraction of sp³-hybridized carbons (Fsp3) is 0.280. The maximum Gasteiger partial charge on any atom is 0.330 e. The van der Waals surface area contributed by atoms with Crippen LogP contribution < -0.4 is 16.6 Å². The fourth-order valence-corrected chi connectivity index (χ4v) is 4.39. The molecule has 36 heavy (non-hydrogen) atoms. The number of aliphatic carboxylic acids is 1. The Morgan fingerprint density at radius 2 is 1.69 bits per heavy atom. The molecule has 1 aliphatic rings. The number of hydrogen-bond acceptors (Lipinski definition) is 5. The van der Waals surface area contributed by atoms with Gasteiger partial charge in [0.25, 0.3) is 11.5 Å². The van der Waals surface area contributed by atoms with Crippen LogP contribution >= 0.6 is 0 Å². The van der Waals surface area contributed by atoms with Crippen molar-refractivity contribution in [3.8, 4) is 11.1 Å². The molecule has 11 heteroatoms. The first-order valence-corrected chi connectivity index (χ1v) is 11.0. The molecule has 1 unspecified atom stereocenters. The fourth-order valence-electron chi connectivity index (χ4n) is 4.39. The van der Waals surface area contributed by atoms with E-state index < -0.39 is 46.4 Å². The first-order valence-electron chi connectivity index (χ1n) is 11.0. The van der Waals surface area contributed by atoms with Gasteiger partial charge in [-0.05, 0) is 41.3 Å². The summed E-state index contributed by atoms with van der Waals surface area (Å²) >= 11 is 0. The highest BCUT2D eigenvalue weighted by atomic mass is 19.1. The van der Waals surface area contributed by atoms with Gasteiger partial charge in [0, 0.05) is 26.2 Å². The van der Waals surface area contributed by atoms with Crippen molar-refractivity contribution in [1.29, 1.82) is 0 Å². The summed E-state index contributed by atoms with van der Waals surface area (Å²) in [5, 5.41) is 11.9. The number of hydrogen-bond donors (Lipinski definition) is 2. The van der Waals surface area contributed by atoms with Gasteiger partial charge in [-0.1, -0.05) is 18.2 Å². The Labute approximate surface area is 203 Å². The third-order valence-electron chi connectivity index (χ3n) is 6.46. The molecule has 1 aromatic heterocycles. The van der Waals surface area contributed by atoms with E-state index in [1.807, 2.05) is 0 Å². The number of fused-ring (bicyclic) bond motifs is 1. The van der Waals surface area contributed by atoms with Gasteiger partial charge < -0.3 is 19.7 Å². The van der Waals surface area contributed by atoms with E-state index >= 15 is 0 Å². The Kier molecular flexibility index (Phi) is 6.59. The highest BCUT2D eigenvalue weighted by Gasteiger charge is 2.29. The second kappa shape index (κ2) is 9.50. The molecule has 0 saturated heterocycles. The van der Waals surface area contributed by atoms with Crippen LogP contribution in [-0.2, 0) is 43.3 Å². The average molecular weight is 499 g/mol. The summed E-state index contributed by atoms with van der Waals surface area (Å²) < 4.78 is 36.0. The molecule has 4 rings (SSSR count). The van der Waals surface area contributed by atoms with Crippen LogP contribution in [0.3, 0.4) is 0 Å². The summed E-state index contributed by atoms with van der Waals surface area (Å²) in [7, 11) is 2.95. The molecule has 2 heterocycles. The lowest BCUT2D eigenvalue weighted by Gasteiger charge is -2.19. The normalized spacial score (nSPS) is 13.4. The van der Waals surface area contributed by atoms with Crippen molar-refractivity contribution < 1.29 is 28.2 Å². The molecule has 0 radical (unpaired) electrons. The van der Waals surface area contributed by atoms with E-state index in [0.29, 0.717) is 33.5 Å². The summed E-state index contributed by atoms with van der Waals surface area (Å²) in [6, 6.07) is 4.69. The predicted molar refractivity (Wildman–Crippen MR) is 125 cm³/mol. The summed E-state index contributed by atoms with van der Waals surface area (Å²) in [5.74, 6) is -4.79. The van der Waals surface area contributed by atoms with Crippen LogP contribution in [0.4, 0.5) is 8.78 Å². The lowest BCUT2D eigenvalue weighted by atomic mass is 9.90. The number of nitrogens with zero attached hydrogens (tertiary/aromatic N) is 2. The molecular weight excluding hydrogens is 476 g/mol. The minimum Gasteiger partial charge on any atom is -0.480 e. The lowest BCUT2D eigenvalue weighted by molar-refractivity contribution is -0.139. The molecule has 0 bridgehead atoms. The Balaban J connectivity index is 1.72. The van der Waals surface area contributed by atoms with Crippen molar-refractivity contribution in [3.63, 3.8) is 0 Å². The lowest BCUT2D eigenvalue weighted by Crippen LogP contribution is -2.43. The number of nitrogens with one attached hydrogen (secondary N) is 1. The van der Waals surface area contributed by atoms with Crippen LogP contribution in [0.15, 0.2) is 39.9 Å². The van der Waals surface area contributed by atoms with Gasteiger partial charge in [0.2, 0.25) is 0 Å². The summed E-state index contributed by atoms with van der Waals surface area (Å²) in [6.07, 6.45) is -0.187. The molecule has 0 spiro atoms. The van der Waals surface area contributed by atoms with Gasteiger partial charge >= 0.3 is 11.7 Å². The van der Waals surface area contributed by atoms with Crippen molar-refractivity contribution in [2.24, 2.45) is 14.1 Å². The Bertz CT molecular complexity index is 1510. The quantitative estimate of drug-likeness (QED) is 0.534. The summed E-state index contributed by atoms with van der Waals surface area (Å²) in [5.41, 5.74) is 1.41. The van der Waals surface area contributed by atoms with Crippen molar-refractivity contribution in [2.45, 2.75) is 32.6 Å². The largest absolute Gasteiger partial charge is 0.480 e. The van der Waals surface area contributed by atoms with E-state index in [9.17, 15) is 33.1 Å². The number of carbonyl (C=O) groups is 2. The Morgan fingerprint density at radius 3 is 2.33 bits per heavy atom. The monoisotopic (exact) mass is 499 g/mol. The Hall–Kier alpha value is -4.12. The zero-order valence-electron chi connectivity index (χ0n) is 19.7. The van der Waals surface area contributed by atoms with E-state index in [2.05, 4.69) is 5.32 Å². The topological polar surface area (TPSA) is 120 Å². The molecule has 9 nitrogen and oxygen atoms in total. The molecule has 1 amide bonds. The zero-order chi connectivity index (χ0) is 26.3. The highest BCUT2D eigenvalue weighted by Crippen LogP contribution is 2.34. The third-order valence-corrected chi connectivity index (χ3v) is 6.46. The van der Waals surface area contributed by atoms with Gasteiger partial charge in [0.1, 0.15) is 23.2 Å². The number of halogens is 2. The van der Waals surface area contributed by atoms with Crippen LogP contribution in [0.2, 0.25) is 0 Å². The molecule has 0 fully saturated rings. The van der Waals surface area contributed by atoms with Crippen molar-refractivity contribution in [2.75, 3.05) is 0 Å². The van der Waals surface area contributed by atoms with E-state index in [4.69, 9.17) is 4.74 Å². The number of carboxylic acids is 1. The number of ether oxygens (including phenoxy) is 1. The molecule has 1 aliphatic heterocycles.